The first-order valence-electron chi connectivity index (χ1n) is 7.72. The molecule has 0 aliphatic rings. The molecule has 1 N–H and O–H groups in total. The van der Waals surface area contributed by atoms with Gasteiger partial charge in [-0.3, -0.25) is 4.68 Å². The maximum atomic E-state index is 10.7. The van der Waals surface area contributed by atoms with E-state index in [1.807, 2.05) is 16.8 Å². The summed E-state index contributed by atoms with van der Waals surface area (Å²) in [5.74, 6) is 0.327. The van der Waals surface area contributed by atoms with Crippen LogP contribution in [0, 0.1) is 6.92 Å². The molecule has 0 spiro atoms. The molecule has 0 aliphatic carbocycles. The number of aryl methyl sites for hydroxylation is 2. The van der Waals surface area contributed by atoms with E-state index in [0.29, 0.717) is 5.75 Å². The van der Waals surface area contributed by atoms with Crippen LogP contribution in [0.3, 0.4) is 0 Å². The zero-order valence-electron chi connectivity index (χ0n) is 13.8. The third-order valence-corrected chi connectivity index (χ3v) is 3.76. The maximum Gasteiger partial charge on any atom is 0.165 e. The summed E-state index contributed by atoms with van der Waals surface area (Å²) in [6.45, 7) is 11.3. The first-order valence-corrected chi connectivity index (χ1v) is 7.72. The van der Waals surface area contributed by atoms with Crippen LogP contribution < -0.4 is 0 Å². The van der Waals surface area contributed by atoms with Crippen molar-refractivity contribution in [3.05, 3.63) is 35.5 Å². The standard InChI is InChI=1S/C18H26N2O/c1-6-7-12-20-15(14-11-9-8-10-13(14)2)16(21)17(19-20)18(3,4)5/h8-11,21H,6-7,12H2,1-5H3. The molecule has 1 aromatic heterocycles. The highest BCUT2D eigenvalue weighted by atomic mass is 16.3. The fourth-order valence-corrected chi connectivity index (χ4v) is 2.53. The summed E-state index contributed by atoms with van der Waals surface area (Å²) >= 11 is 0. The molecular weight excluding hydrogens is 260 g/mol. The molecule has 0 bridgehead atoms. The Morgan fingerprint density at radius 3 is 2.43 bits per heavy atom. The number of unbranched alkanes of at least 4 members (excludes halogenated alkanes) is 1. The molecular formula is C18H26N2O. The fraction of sp³-hybridized carbons (Fsp3) is 0.500. The Labute approximate surface area is 127 Å². The predicted molar refractivity (Wildman–Crippen MR) is 87.7 cm³/mol. The highest BCUT2D eigenvalue weighted by Gasteiger charge is 2.27. The lowest BCUT2D eigenvalue weighted by molar-refractivity contribution is 0.445. The first kappa shape index (κ1) is 15.6. The molecule has 0 amide bonds. The van der Waals surface area contributed by atoms with Gasteiger partial charge in [0, 0.05) is 17.5 Å². The van der Waals surface area contributed by atoms with Gasteiger partial charge in [0.1, 0.15) is 11.4 Å². The lowest BCUT2D eigenvalue weighted by Crippen LogP contribution is -2.13. The topological polar surface area (TPSA) is 38.0 Å². The van der Waals surface area contributed by atoms with E-state index in [1.165, 1.54) is 0 Å². The second-order valence-corrected chi connectivity index (χ2v) is 6.69. The molecule has 21 heavy (non-hydrogen) atoms. The van der Waals surface area contributed by atoms with Gasteiger partial charge in [0.05, 0.1) is 0 Å². The van der Waals surface area contributed by atoms with Crippen LogP contribution in [0.4, 0.5) is 0 Å². The normalized spacial score (nSPS) is 11.9. The van der Waals surface area contributed by atoms with Gasteiger partial charge in [0.25, 0.3) is 0 Å². The molecule has 2 aromatic rings. The van der Waals surface area contributed by atoms with E-state index in [9.17, 15) is 5.11 Å². The number of hydrogen-bond acceptors (Lipinski definition) is 2. The van der Waals surface area contributed by atoms with Gasteiger partial charge in [-0.1, -0.05) is 58.4 Å². The molecule has 3 heteroatoms. The van der Waals surface area contributed by atoms with E-state index in [2.05, 4.69) is 46.8 Å². The highest BCUT2D eigenvalue weighted by molar-refractivity contribution is 5.71. The van der Waals surface area contributed by atoms with Gasteiger partial charge in [0.2, 0.25) is 0 Å². The van der Waals surface area contributed by atoms with E-state index >= 15 is 0 Å². The van der Waals surface area contributed by atoms with Crippen LogP contribution in [0.1, 0.15) is 51.8 Å². The molecule has 0 saturated heterocycles. The Balaban J connectivity index is 2.62. The molecule has 0 fully saturated rings. The molecule has 0 atom stereocenters. The third-order valence-electron chi connectivity index (χ3n) is 3.76. The van der Waals surface area contributed by atoms with Crippen LogP contribution in [-0.2, 0) is 12.0 Å². The Morgan fingerprint density at radius 1 is 1.19 bits per heavy atom. The third kappa shape index (κ3) is 3.12. The molecule has 2 rings (SSSR count). The van der Waals surface area contributed by atoms with E-state index in [4.69, 9.17) is 5.10 Å². The van der Waals surface area contributed by atoms with Crippen LogP contribution >= 0.6 is 0 Å². The minimum Gasteiger partial charge on any atom is -0.504 e. The fourth-order valence-electron chi connectivity index (χ4n) is 2.53. The predicted octanol–water partition coefficient (Wildman–Crippen LogP) is 4.66. The summed E-state index contributed by atoms with van der Waals surface area (Å²) in [4.78, 5) is 0. The number of rotatable bonds is 4. The minimum absolute atomic E-state index is 0.168. The second kappa shape index (κ2) is 5.92. The van der Waals surface area contributed by atoms with Crippen molar-refractivity contribution in [3.63, 3.8) is 0 Å². The lowest BCUT2D eigenvalue weighted by atomic mass is 9.90. The van der Waals surface area contributed by atoms with Crippen molar-refractivity contribution in [1.29, 1.82) is 0 Å². The summed E-state index contributed by atoms with van der Waals surface area (Å²) in [7, 11) is 0. The summed E-state index contributed by atoms with van der Waals surface area (Å²) in [5, 5.41) is 15.4. The van der Waals surface area contributed by atoms with E-state index in [0.717, 1.165) is 41.9 Å². The molecule has 114 valence electrons. The summed E-state index contributed by atoms with van der Waals surface area (Å²) < 4.78 is 1.97. The Hall–Kier alpha value is -1.77. The molecule has 3 nitrogen and oxygen atoms in total. The highest BCUT2D eigenvalue weighted by Crippen LogP contribution is 2.39. The monoisotopic (exact) mass is 286 g/mol. The van der Waals surface area contributed by atoms with Crippen LogP contribution in [0.25, 0.3) is 11.3 Å². The number of aromatic nitrogens is 2. The summed E-state index contributed by atoms with van der Waals surface area (Å²) in [5.41, 5.74) is 3.68. The lowest BCUT2D eigenvalue weighted by Gasteiger charge is -2.15. The summed E-state index contributed by atoms with van der Waals surface area (Å²) in [6, 6.07) is 8.16. The van der Waals surface area contributed by atoms with Crippen LogP contribution in [-0.4, -0.2) is 14.9 Å². The quantitative estimate of drug-likeness (QED) is 0.887. The zero-order valence-corrected chi connectivity index (χ0v) is 13.8. The maximum absolute atomic E-state index is 10.7. The van der Waals surface area contributed by atoms with Crippen LogP contribution in [0.15, 0.2) is 24.3 Å². The molecule has 0 radical (unpaired) electrons. The van der Waals surface area contributed by atoms with Gasteiger partial charge in [-0.25, -0.2) is 0 Å². The Bertz CT molecular complexity index is 621. The molecule has 1 heterocycles. The molecule has 0 saturated carbocycles. The van der Waals surface area contributed by atoms with Crippen molar-refractivity contribution in [2.45, 2.75) is 59.4 Å². The van der Waals surface area contributed by atoms with Crippen LogP contribution in [0.5, 0.6) is 5.75 Å². The first-order chi connectivity index (χ1) is 9.86. The number of benzene rings is 1. The van der Waals surface area contributed by atoms with Gasteiger partial charge in [0.15, 0.2) is 5.75 Å². The average molecular weight is 286 g/mol. The van der Waals surface area contributed by atoms with Gasteiger partial charge in [-0.15, -0.1) is 0 Å². The number of hydrogen-bond donors (Lipinski definition) is 1. The second-order valence-electron chi connectivity index (χ2n) is 6.69. The molecule has 0 aliphatic heterocycles. The number of aromatic hydroxyl groups is 1. The van der Waals surface area contributed by atoms with E-state index in [1.54, 1.807) is 0 Å². The number of nitrogens with zero attached hydrogens (tertiary/aromatic N) is 2. The van der Waals surface area contributed by atoms with Crippen molar-refractivity contribution in [2.75, 3.05) is 0 Å². The van der Waals surface area contributed by atoms with E-state index < -0.39 is 0 Å². The van der Waals surface area contributed by atoms with E-state index in [-0.39, 0.29) is 5.41 Å². The Morgan fingerprint density at radius 2 is 1.86 bits per heavy atom. The van der Waals surface area contributed by atoms with Gasteiger partial charge in [-0.05, 0) is 18.9 Å². The van der Waals surface area contributed by atoms with Crippen molar-refractivity contribution in [2.24, 2.45) is 0 Å². The van der Waals surface area contributed by atoms with Crippen LogP contribution in [0.2, 0.25) is 0 Å². The average Bonchev–Trinajstić information content (AvgIpc) is 2.74. The summed E-state index contributed by atoms with van der Waals surface area (Å²) in [6.07, 6.45) is 2.17. The molecule has 1 aromatic carbocycles. The SMILES string of the molecule is CCCCn1nc(C(C)(C)C)c(O)c1-c1ccccc1C. The van der Waals surface area contributed by atoms with Crippen molar-refractivity contribution in [1.82, 2.24) is 9.78 Å². The van der Waals surface area contributed by atoms with Gasteiger partial charge in [-0.2, -0.15) is 5.10 Å². The Kier molecular flexibility index (Phi) is 4.40. The van der Waals surface area contributed by atoms with Crippen molar-refractivity contribution < 1.29 is 5.11 Å². The van der Waals surface area contributed by atoms with Gasteiger partial charge < -0.3 is 5.11 Å². The molecule has 0 unspecified atom stereocenters. The van der Waals surface area contributed by atoms with Gasteiger partial charge >= 0.3 is 0 Å². The minimum atomic E-state index is -0.168. The van der Waals surface area contributed by atoms with Crippen molar-refractivity contribution in [3.8, 4) is 17.0 Å². The largest absolute Gasteiger partial charge is 0.504 e. The smallest absolute Gasteiger partial charge is 0.165 e. The zero-order chi connectivity index (χ0) is 15.6. The van der Waals surface area contributed by atoms with Crippen molar-refractivity contribution >= 4 is 0 Å².